The van der Waals surface area contributed by atoms with E-state index in [-0.39, 0.29) is 33.2 Å². The summed E-state index contributed by atoms with van der Waals surface area (Å²) in [5, 5.41) is 3.00. The number of hydrogen-bond donors (Lipinski definition) is 2. The van der Waals surface area contributed by atoms with Crippen LogP contribution in [-0.2, 0) is 6.42 Å². The molecule has 0 saturated carbocycles. The van der Waals surface area contributed by atoms with Gasteiger partial charge in [-0.3, -0.25) is 0 Å². The summed E-state index contributed by atoms with van der Waals surface area (Å²) in [6.45, 7) is 6.61. The van der Waals surface area contributed by atoms with Crippen LogP contribution in [-0.4, -0.2) is 44.4 Å². The summed E-state index contributed by atoms with van der Waals surface area (Å²) >= 11 is 0.0735. The third-order valence-corrected chi connectivity index (χ3v) is 6.38. The van der Waals surface area contributed by atoms with Gasteiger partial charge in [-0.15, -0.1) is 0 Å². The molecular formula is C15H23IN3O2-. The number of carbonyl (C=O) groups excluding carboxylic acids is 2. The van der Waals surface area contributed by atoms with E-state index in [4.69, 9.17) is 0 Å². The molecule has 2 N–H and O–H groups in total. The van der Waals surface area contributed by atoms with E-state index in [2.05, 4.69) is 25.3 Å². The van der Waals surface area contributed by atoms with E-state index in [9.17, 15) is 9.59 Å². The van der Waals surface area contributed by atoms with E-state index in [0.717, 1.165) is 37.2 Å². The summed E-state index contributed by atoms with van der Waals surface area (Å²) in [4.78, 5) is 29.6. The molecule has 5 nitrogen and oxygen atoms in total. The summed E-state index contributed by atoms with van der Waals surface area (Å²) in [7, 11) is 0. The number of halogens is 1. The van der Waals surface area contributed by atoms with E-state index in [1.165, 1.54) is 0 Å². The van der Waals surface area contributed by atoms with E-state index < -0.39 is 0 Å². The van der Waals surface area contributed by atoms with Gasteiger partial charge in [0.1, 0.15) is 0 Å². The Kier molecular flexibility index (Phi) is 5.80. The van der Waals surface area contributed by atoms with Crippen molar-refractivity contribution in [1.29, 1.82) is 0 Å². The molecule has 118 valence electrons. The number of nitrogens with zero attached hydrogens (tertiary/aromatic N) is 1. The maximum atomic E-state index is 12.4. The Morgan fingerprint density at radius 1 is 1.43 bits per heavy atom. The van der Waals surface area contributed by atoms with Gasteiger partial charge < -0.3 is 0 Å². The number of nitrogens with one attached hydrogen (secondary N) is 2. The van der Waals surface area contributed by atoms with Gasteiger partial charge in [0.25, 0.3) is 0 Å². The number of Topliss-reactive ketones (excluding diaryl/α,β-unsaturated/α-hetero) is 1. The van der Waals surface area contributed by atoms with Crippen molar-refractivity contribution >= 4 is 11.7 Å². The number of likely N-dealkylation sites (N-methyl/N-ethyl adjacent to an activating group) is 1. The van der Waals surface area contributed by atoms with Crippen molar-refractivity contribution in [1.82, 2.24) is 13.4 Å². The molecule has 0 saturated heterocycles. The van der Waals surface area contributed by atoms with Gasteiger partial charge in [0, 0.05) is 0 Å². The predicted octanol–water partition coefficient (Wildman–Crippen LogP) is -1.47. The number of aromatic amines is 1. The number of fused-ring (bicyclic) bond motifs is 1. The molecule has 2 rings (SSSR count). The van der Waals surface area contributed by atoms with Crippen molar-refractivity contribution in [2.24, 2.45) is 0 Å². The zero-order chi connectivity index (χ0) is 15.4. The molecule has 1 aromatic heterocycles. The topological polar surface area (TPSA) is 65.2 Å². The first kappa shape index (κ1) is 16.5. The van der Waals surface area contributed by atoms with Gasteiger partial charge in [-0.05, 0) is 0 Å². The van der Waals surface area contributed by atoms with Crippen LogP contribution in [0.3, 0.4) is 0 Å². The van der Waals surface area contributed by atoms with Gasteiger partial charge >= 0.3 is 136 Å². The van der Waals surface area contributed by atoms with E-state index in [0.29, 0.717) is 24.2 Å². The standard InChI is InChI=1S/C15H23IN3O2/c1-4-19(16-3)9-8-17-15(21)13-10(2)18-14-11(13)6-5-7-12(14)20/h18H,4-9H2,1-3H3,(H,17,21)/q-1. The van der Waals surface area contributed by atoms with Gasteiger partial charge in [0.2, 0.25) is 0 Å². The summed E-state index contributed by atoms with van der Waals surface area (Å²) in [6, 6.07) is 0. The quantitative estimate of drug-likeness (QED) is 0.346. The molecule has 0 bridgehead atoms. The summed E-state index contributed by atoms with van der Waals surface area (Å²) < 4.78 is 2.38. The third kappa shape index (κ3) is 3.66. The number of amides is 1. The molecule has 1 aliphatic carbocycles. The number of rotatable bonds is 6. The molecule has 0 radical (unpaired) electrons. The molecule has 0 spiro atoms. The average molecular weight is 404 g/mol. The van der Waals surface area contributed by atoms with Crippen LogP contribution in [0.1, 0.15) is 51.9 Å². The fraction of sp³-hybridized carbons (Fsp3) is 0.600. The number of hydrogen-bond acceptors (Lipinski definition) is 3. The molecule has 1 amide bonds. The molecular weight excluding hydrogens is 381 g/mol. The second-order valence-corrected chi connectivity index (χ2v) is 7.51. The number of ketones is 1. The number of carbonyl (C=O) groups is 2. The van der Waals surface area contributed by atoms with Gasteiger partial charge in [-0.1, -0.05) is 0 Å². The van der Waals surface area contributed by atoms with Crippen LogP contribution in [0.2, 0.25) is 0 Å². The van der Waals surface area contributed by atoms with Crippen molar-refractivity contribution in [3.8, 4) is 0 Å². The zero-order valence-electron chi connectivity index (χ0n) is 12.9. The number of aryl methyl sites for hydroxylation is 1. The second-order valence-electron chi connectivity index (χ2n) is 5.18. The summed E-state index contributed by atoms with van der Waals surface area (Å²) in [6.07, 6.45) is 2.24. The van der Waals surface area contributed by atoms with Crippen LogP contribution in [0.15, 0.2) is 0 Å². The zero-order valence-corrected chi connectivity index (χ0v) is 15.0. The molecule has 1 heterocycles. The van der Waals surface area contributed by atoms with Crippen LogP contribution in [0, 0.1) is 6.92 Å². The maximum absolute atomic E-state index is 12.4. The second kappa shape index (κ2) is 7.40. The third-order valence-electron chi connectivity index (χ3n) is 3.85. The Morgan fingerprint density at radius 3 is 2.86 bits per heavy atom. The van der Waals surface area contributed by atoms with Gasteiger partial charge in [-0.2, -0.15) is 0 Å². The first-order chi connectivity index (χ1) is 10.1. The summed E-state index contributed by atoms with van der Waals surface area (Å²) in [5.41, 5.74) is 3.06. The van der Waals surface area contributed by atoms with E-state index in [1.807, 2.05) is 6.92 Å². The minimum atomic E-state index is -0.0509. The molecule has 1 aromatic rings. The van der Waals surface area contributed by atoms with Gasteiger partial charge in [0.05, 0.1) is 0 Å². The van der Waals surface area contributed by atoms with Crippen LogP contribution in [0.4, 0.5) is 0 Å². The van der Waals surface area contributed by atoms with Gasteiger partial charge in [-0.25, -0.2) is 0 Å². The molecule has 0 fully saturated rings. The van der Waals surface area contributed by atoms with E-state index in [1.54, 1.807) is 0 Å². The van der Waals surface area contributed by atoms with E-state index >= 15 is 0 Å². The Hall–Kier alpha value is -0.890. The molecule has 0 aromatic carbocycles. The van der Waals surface area contributed by atoms with Crippen molar-refractivity contribution in [2.75, 3.05) is 24.6 Å². The van der Waals surface area contributed by atoms with Gasteiger partial charge in [0.15, 0.2) is 0 Å². The summed E-state index contributed by atoms with van der Waals surface area (Å²) in [5.74, 6) is 0.0800. The normalized spacial score (nSPS) is 14.6. The number of aromatic nitrogens is 1. The predicted molar refractivity (Wildman–Crippen MR) is 78.3 cm³/mol. The molecule has 1 aliphatic rings. The Morgan fingerprint density at radius 2 is 2.19 bits per heavy atom. The van der Waals surface area contributed by atoms with Crippen molar-refractivity contribution in [2.45, 2.75) is 33.1 Å². The first-order valence-electron chi connectivity index (χ1n) is 7.36. The number of H-pyrrole nitrogens is 1. The monoisotopic (exact) mass is 404 g/mol. The van der Waals surface area contributed by atoms with Crippen molar-refractivity contribution in [3.05, 3.63) is 22.5 Å². The number of alkyl halides is 1. The average Bonchev–Trinajstić information content (AvgIpc) is 2.81. The Labute approximate surface area is 136 Å². The van der Waals surface area contributed by atoms with Crippen LogP contribution >= 0.6 is 0 Å². The minimum absolute atomic E-state index is 0.0509. The van der Waals surface area contributed by atoms with Crippen LogP contribution < -0.4 is 26.8 Å². The van der Waals surface area contributed by atoms with Crippen LogP contribution in [0.5, 0.6) is 0 Å². The molecule has 0 atom stereocenters. The molecule has 6 heteroatoms. The molecule has 0 aliphatic heterocycles. The van der Waals surface area contributed by atoms with Crippen molar-refractivity contribution < 1.29 is 31.1 Å². The van der Waals surface area contributed by atoms with Crippen molar-refractivity contribution in [3.63, 3.8) is 0 Å². The fourth-order valence-corrected chi connectivity index (χ4v) is 4.17. The fourth-order valence-electron chi connectivity index (χ4n) is 2.76. The molecule has 0 unspecified atom stereocenters. The Bertz CT molecular complexity index is 535. The molecule has 21 heavy (non-hydrogen) atoms. The SMILES string of the molecule is CCN(CCNC(=O)c1c(C)[nH]c2c1CCCC2=O)[I-]C. The van der Waals surface area contributed by atoms with Crippen LogP contribution in [0.25, 0.3) is 0 Å². The first-order valence-corrected chi connectivity index (χ1v) is 10.5. The Balaban J connectivity index is 2.05.